The summed E-state index contributed by atoms with van der Waals surface area (Å²) >= 11 is 6.43. The second-order valence-corrected chi connectivity index (χ2v) is 6.69. The number of hydrogen-bond acceptors (Lipinski definition) is 2. The molecule has 1 aromatic carbocycles. The molecule has 0 bridgehead atoms. The molecule has 1 aromatic rings. The third-order valence-electron chi connectivity index (χ3n) is 4.76. The van der Waals surface area contributed by atoms with Crippen LogP contribution in [0.5, 0.6) is 0 Å². The van der Waals surface area contributed by atoms with Crippen LogP contribution in [0.1, 0.15) is 50.2 Å². The van der Waals surface area contributed by atoms with Crippen LogP contribution in [0.2, 0.25) is 5.02 Å². The van der Waals surface area contributed by atoms with Gasteiger partial charge in [-0.05, 0) is 56.3 Å². The Morgan fingerprint density at radius 3 is 2.62 bits per heavy atom. The van der Waals surface area contributed by atoms with Crippen molar-refractivity contribution in [3.05, 3.63) is 34.3 Å². The minimum absolute atomic E-state index is 0.0244. The Bertz CT molecular complexity index is 455. The van der Waals surface area contributed by atoms with Gasteiger partial charge in [-0.25, -0.2) is 0 Å². The van der Waals surface area contributed by atoms with Crippen LogP contribution in [-0.2, 0) is 11.2 Å². The van der Waals surface area contributed by atoms with Crippen molar-refractivity contribution in [3.63, 3.8) is 0 Å². The summed E-state index contributed by atoms with van der Waals surface area (Å²) in [5.74, 6) is 0. The van der Waals surface area contributed by atoms with Crippen LogP contribution in [0, 0.1) is 6.92 Å². The van der Waals surface area contributed by atoms with E-state index in [2.05, 4.69) is 37.4 Å². The van der Waals surface area contributed by atoms with E-state index in [-0.39, 0.29) is 5.60 Å². The van der Waals surface area contributed by atoms with Crippen LogP contribution in [0.15, 0.2) is 18.2 Å². The van der Waals surface area contributed by atoms with Gasteiger partial charge >= 0.3 is 0 Å². The molecule has 0 aromatic heterocycles. The van der Waals surface area contributed by atoms with Gasteiger partial charge in [-0.15, -0.1) is 0 Å². The molecular formula is C18H28ClNO. The van der Waals surface area contributed by atoms with E-state index in [1.165, 1.54) is 24.0 Å². The number of rotatable bonds is 7. The molecule has 3 heteroatoms. The summed E-state index contributed by atoms with van der Waals surface area (Å²) < 4.78 is 5.99. The summed E-state index contributed by atoms with van der Waals surface area (Å²) in [5, 5.41) is 4.59. The van der Waals surface area contributed by atoms with Crippen LogP contribution >= 0.6 is 11.6 Å². The largest absolute Gasteiger partial charge is 0.377 e. The fourth-order valence-electron chi connectivity index (χ4n) is 3.47. The molecule has 21 heavy (non-hydrogen) atoms. The highest BCUT2D eigenvalue weighted by Crippen LogP contribution is 2.37. The van der Waals surface area contributed by atoms with Crippen molar-refractivity contribution in [3.8, 4) is 0 Å². The maximum atomic E-state index is 6.43. The van der Waals surface area contributed by atoms with Gasteiger partial charge in [-0.1, -0.05) is 43.5 Å². The summed E-state index contributed by atoms with van der Waals surface area (Å²) in [4.78, 5) is 0. The van der Waals surface area contributed by atoms with Crippen molar-refractivity contribution >= 4 is 11.6 Å². The minimum Gasteiger partial charge on any atom is -0.377 e. The van der Waals surface area contributed by atoms with E-state index < -0.39 is 0 Å². The van der Waals surface area contributed by atoms with Crippen molar-refractivity contribution in [1.82, 2.24) is 5.32 Å². The molecular weight excluding hydrogens is 282 g/mol. The molecule has 1 N–H and O–H groups in total. The summed E-state index contributed by atoms with van der Waals surface area (Å²) in [6, 6.07) is 6.70. The van der Waals surface area contributed by atoms with Gasteiger partial charge in [-0.3, -0.25) is 0 Å². The number of ether oxygens (including phenoxy) is 1. The molecule has 1 unspecified atom stereocenters. The molecule has 0 aliphatic heterocycles. The highest BCUT2D eigenvalue weighted by Gasteiger charge is 2.41. The van der Waals surface area contributed by atoms with Crippen molar-refractivity contribution < 1.29 is 4.74 Å². The molecule has 0 spiro atoms. The Morgan fingerprint density at radius 1 is 1.33 bits per heavy atom. The predicted molar refractivity (Wildman–Crippen MR) is 90.2 cm³/mol. The van der Waals surface area contributed by atoms with Crippen LogP contribution in [-0.4, -0.2) is 25.3 Å². The van der Waals surface area contributed by atoms with E-state index in [9.17, 15) is 0 Å². The van der Waals surface area contributed by atoms with Crippen molar-refractivity contribution in [2.75, 3.05) is 13.7 Å². The quantitative estimate of drug-likeness (QED) is 0.799. The standard InChI is InChI=1S/C18H28ClNO/c1-4-11-20-17(18(21-3)9-5-6-10-18)13-15-8-7-14(2)12-16(15)19/h7-8,12,17,20H,4-6,9-11,13H2,1-3H3. The first-order valence-electron chi connectivity index (χ1n) is 8.15. The van der Waals surface area contributed by atoms with E-state index in [1.54, 1.807) is 0 Å². The number of benzene rings is 1. The van der Waals surface area contributed by atoms with Gasteiger partial charge in [0.2, 0.25) is 0 Å². The highest BCUT2D eigenvalue weighted by molar-refractivity contribution is 6.31. The number of nitrogens with one attached hydrogen (secondary N) is 1. The van der Waals surface area contributed by atoms with E-state index in [0.717, 1.165) is 37.3 Å². The second kappa shape index (κ2) is 7.62. The lowest BCUT2D eigenvalue weighted by molar-refractivity contribution is -0.0354. The number of hydrogen-bond donors (Lipinski definition) is 1. The summed E-state index contributed by atoms with van der Waals surface area (Å²) in [6.07, 6.45) is 6.90. The van der Waals surface area contributed by atoms with Crippen molar-refractivity contribution in [1.29, 1.82) is 0 Å². The predicted octanol–water partition coefficient (Wildman–Crippen LogP) is 4.52. The lowest BCUT2D eigenvalue weighted by Crippen LogP contribution is -2.52. The highest BCUT2D eigenvalue weighted by atomic mass is 35.5. The average molecular weight is 310 g/mol. The van der Waals surface area contributed by atoms with Crippen molar-refractivity contribution in [2.45, 2.75) is 64.0 Å². The molecule has 1 atom stereocenters. The molecule has 0 radical (unpaired) electrons. The van der Waals surface area contributed by atoms with E-state index in [0.29, 0.717) is 6.04 Å². The SMILES string of the molecule is CCCNC(Cc1ccc(C)cc1Cl)C1(OC)CCCC1. The molecule has 2 rings (SSSR count). The minimum atomic E-state index is -0.0244. The zero-order chi connectivity index (χ0) is 15.3. The first-order valence-corrected chi connectivity index (χ1v) is 8.52. The zero-order valence-electron chi connectivity index (χ0n) is 13.5. The molecule has 1 fully saturated rings. The van der Waals surface area contributed by atoms with Gasteiger partial charge in [0, 0.05) is 18.2 Å². The summed E-state index contributed by atoms with van der Waals surface area (Å²) in [7, 11) is 1.86. The molecule has 118 valence electrons. The van der Waals surface area contributed by atoms with E-state index in [1.807, 2.05) is 7.11 Å². The summed E-state index contributed by atoms with van der Waals surface area (Å²) in [6.45, 7) is 5.31. The zero-order valence-corrected chi connectivity index (χ0v) is 14.3. The maximum Gasteiger partial charge on any atom is 0.0834 e. The van der Waals surface area contributed by atoms with Gasteiger partial charge in [0.1, 0.15) is 0 Å². The molecule has 1 aliphatic rings. The summed E-state index contributed by atoms with van der Waals surface area (Å²) in [5.41, 5.74) is 2.41. The Hall–Kier alpha value is -0.570. The van der Waals surface area contributed by atoms with Gasteiger partial charge < -0.3 is 10.1 Å². The number of methoxy groups -OCH3 is 1. The second-order valence-electron chi connectivity index (χ2n) is 6.28. The number of halogens is 1. The normalized spacial score (nSPS) is 18.9. The topological polar surface area (TPSA) is 21.3 Å². The lowest BCUT2D eigenvalue weighted by atomic mass is 9.87. The fourth-order valence-corrected chi connectivity index (χ4v) is 3.78. The smallest absolute Gasteiger partial charge is 0.0834 e. The molecule has 2 nitrogen and oxygen atoms in total. The van der Waals surface area contributed by atoms with Gasteiger partial charge in [-0.2, -0.15) is 0 Å². The van der Waals surface area contributed by atoms with Gasteiger partial charge in [0.25, 0.3) is 0 Å². The van der Waals surface area contributed by atoms with Crippen LogP contribution in [0.25, 0.3) is 0 Å². The fraction of sp³-hybridized carbons (Fsp3) is 0.667. The molecule has 1 aliphatic carbocycles. The Kier molecular flexibility index (Phi) is 6.09. The van der Waals surface area contributed by atoms with Crippen molar-refractivity contribution in [2.24, 2.45) is 0 Å². The Balaban J connectivity index is 2.19. The maximum absolute atomic E-state index is 6.43. The molecule has 0 saturated heterocycles. The first-order chi connectivity index (χ1) is 10.1. The average Bonchev–Trinajstić information content (AvgIpc) is 2.95. The van der Waals surface area contributed by atoms with Crippen LogP contribution in [0.4, 0.5) is 0 Å². The van der Waals surface area contributed by atoms with E-state index in [4.69, 9.17) is 16.3 Å². The molecule has 0 amide bonds. The molecule has 0 heterocycles. The third kappa shape index (κ3) is 4.00. The Morgan fingerprint density at radius 2 is 2.05 bits per heavy atom. The van der Waals surface area contributed by atoms with Gasteiger partial charge in [0.15, 0.2) is 0 Å². The third-order valence-corrected chi connectivity index (χ3v) is 5.12. The number of aryl methyl sites for hydroxylation is 1. The first kappa shape index (κ1) is 16.8. The van der Waals surface area contributed by atoms with Crippen LogP contribution in [0.3, 0.4) is 0 Å². The molecule has 1 saturated carbocycles. The van der Waals surface area contributed by atoms with Gasteiger partial charge in [0.05, 0.1) is 5.60 Å². The van der Waals surface area contributed by atoms with Crippen LogP contribution < -0.4 is 5.32 Å². The lowest BCUT2D eigenvalue weighted by Gasteiger charge is -2.37. The Labute approximate surface area is 134 Å². The monoisotopic (exact) mass is 309 g/mol. The van der Waals surface area contributed by atoms with E-state index >= 15 is 0 Å².